The molecule has 0 aromatic heterocycles. The van der Waals surface area contributed by atoms with Gasteiger partial charge in [0.15, 0.2) is 0 Å². The van der Waals surface area contributed by atoms with Gasteiger partial charge in [-0.1, -0.05) is 0 Å². The van der Waals surface area contributed by atoms with Gasteiger partial charge in [0.05, 0.1) is 13.0 Å². The zero-order chi connectivity index (χ0) is 6.85. The molecule has 2 atom stereocenters. The van der Waals surface area contributed by atoms with E-state index in [0.717, 1.165) is 12.8 Å². The fourth-order valence-electron chi connectivity index (χ4n) is 0.970. The number of carbonyl (C=O) groups excluding carboxylic acids is 1. The number of rotatable bonds is 1. The maximum absolute atomic E-state index is 10.7. The lowest BCUT2D eigenvalue weighted by Gasteiger charge is -2.30. The van der Waals surface area contributed by atoms with Gasteiger partial charge >= 0.3 is 5.97 Å². The van der Waals surface area contributed by atoms with Crippen molar-refractivity contribution in [3.63, 3.8) is 0 Å². The van der Waals surface area contributed by atoms with Crippen LogP contribution in [0.25, 0.3) is 0 Å². The number of methoxy groups -OCH3 is 1. The molecule has 0 bridgehead atoms. The molecule has 0 aromatic rings. The van der Waals surface area contributed by atoms with E-state index in [4.69, 9.17) is 5.73 Å². The molecule has 1 aliphatic rings. The Bertz CT molecular complexity index is 129. The van der Waals surface area contributed by atoms with E-state index < -0.39 is 0 Å². The first-order valence-corrected chi connectivity index (χ1v) is 3.09. The Labute approximate surface area is 67.4 Å². The number of hydrogen-bond donors (Lipinski definition) is 1. The van der Waals surface area contributed by atoms with Gasteiger partial charge in [-0.25, -0.2) is 0 Å². The van der Waals surface area contributed by atoms with Crippen LogP contribution in [0.3, 0.4) is 0 Å². The Balaban J connectivity index is 0.000000810. The number of esters is 1. The van der Waals surface area contributed by atoms with Gasteiger partial charge in [0.25, 0.3) is 0 Å². The topological polar surface area (TPSA) is 52.3 Å². The number of ether oxygens (including phenoxy) is 1. The molecular weight excluding hydrogens is 150 g/mol. The van der Waals surface area contributed by atoms with Crippen molar-refractivity contribution >= 4 is 19.5 Å². The summed E-state index contributed by atoms with van der Waals surface area (Å²) in [5.74, 6) is -0.177. The Kier molecular flexibility index (Phi) is 3.75. The molecule has 2 N–H and O–H groups in total. The van der Waals surface area contributed by atoms with E-state index in [1.54, 1.807) is 0 Å². The largest absolute Gasteiger partial charge is 0.469 e. The third-order valence-corrected chi connectivity index (χ3v) is 1.83. The summed E-state index contributed by atoms with van der Waals surface area (Å²) in [5, 5.41) is 0. The standard InChI is InChI=1S/C6H11NO2.H2S/c1-9-6(8)4-2-3-5(4)7;/h4-5H,2-3,7H2,1H3;1H2/t4-,5+;/m1./s1. The molecular formula is C6H13NO2S. The van der Waals surface area contributed by atoms with Crippen LogP contribution in [0.2, 0.25) is 0 Å². The summed E-state index contributed by atoms with van der Waals surface area (Å²) in [6.45, 7) is 0. The van der Waals surface area contributed by atoms with Crippen molar-refractivity contribution in [2.24, 2.45) is 11.7 Å². The SMILES string of the molecule is COC(=O)[C@@H]1CC[C@@H]1N.S. The van der Waals surface area contributed by atoms with Crippen LogP contribution >= 0.6 is 13.5 Å². The Morgan fingerprint density at radius 3 is 2.30 bits per heavy atom. The van der Waals surface area contributed by atoms with Crippen LogP contribution in [-0.2, 0) is 9.53 Å². The van der Waals surface area contributed by atoms with Crippen LogP contribution < -0.4 is 5.73 Å². The zero-order valence-electron chi connectivity index (χ0n) is 5.96. The molecule has 0 unspecified atom stereocenters. The van der Waals surface area contributed by atoms with Gasteiger partial charge in [-0.3, -0.25) is 4.79 Å². The molecule has 0 saturated heterocycles. The Hall–Kier alpha value is -0.220. The van der Waals surface area contributed by atoms with Gasteiger partial charge in [0, 0.05) is 6.04 Å². The molecule has 0 aromatic carbocycles. The Morgan fingerprint density at radius 2 is 2.20 bits per heavy atom. The maximum Gasteiger partial charge on any atom is 0.310 e. The molecule has 0 aliphatic heterocycles. The first-order valence-electron chi connectivity index (χ1n) is 3.09. The molecule has 0 amide bonds. The predicted octanol–water partition coefficient (Wildman–Crippen LogP) is 0.00950. The Morgan fingerprint density at radius 1 is 1.60 bits per heavy atom. The van der Waals surface area contributed by atoms with Gasteiger partial charge in [0.1, 0.15) is 0 Å². The summed E-state index contributed by atoms with van der Waals surface area (Å²) in [7, 11) is 1.40. The van der Waals surface area contributed by atoms with E-state index in [2.05, 4.69) is 4.74 Å². The monoisotopic (exact) mass is 163 g/mol. The molecule has 10 heavy (non-hydrogen) atoms. The van der Waals surface area contributed by atoms with Crippen LogP contribution in [-0.4, -0.2) is 19.1 Å². The maximum atomic E-state index is 10.7. The minimum Gasteiger partial charge on any atom is -0.469 e. The number of hydrogen-bond acceptors (Lipinski definition) is 3. The highest BCUT2D eigenvalue weighted by molar-refractivity contribution is 7.59. The summed E-state index contributed by atoms with van der Waals surface area (Å²) >= 11 is 0. The predicted molar refractivity (Wildman–Crippen MR) is 43.1 cm³/mol. The van der Waals surface area contributed by atoms with Crippen molar-refractivity contribution in [3.8, 4) is 0 Å². The zero-order valence-corrected chi connectivity index (χ0v) is 6.96. The smallest absolute Gasteiger partial charge is 0.310 e. The summed E-state index contributed by atoms with van der Waals surface area (Å²) in [6.07, 6.45) is 1.85. The normalized spacial score (nSPS) is 29.8. The summed E-state index contributed by atoms with van der Waals surface area (Å²) in [6, 6.07) is 0.0532. The minimum atomic E-state index is -0.159. The van der Waals surface area contributed by atoms with Crippen molar-refractivity contribution in [2.75, 3.05) is 7.11 Å². The number of nitrogens with two attached hydrogens (primary N) is 1. The quantitative estimate of drug-likeness (QED) is 0.554. The van der Waals surface area contributed by atoms with Crippen molar-refractivity contribution in [2.45, 2.75) is 18.9 Å². The highest BCUT2D eigenvalue weighted by Gasteiger charge is 2.34. The lowest BCUT2D eigenvalue weighted by atomic mass is 9.80. The van der Waals surface area contributed by atoms with E-state index >= 15 is 0 Å². The fourth-order valence-corrected chi connectivity index (χ4v) is 0.970. The van der Waals surface area contributed by atoms with Crippen molar-refractivity contribution in [1.82, 2.24) is 0 Å². The molecule has 0 radical (unpaired) electrons. The molecule has 1 fully saturated rings. The van der Waals surface area contributed by atoms with Gasteiger partial charge in [0.2, 0.25) is 0 Å². The molecule has 1 aliphatic carbocycles. The third-order valence-electron chi connectivity index (χ3n) is 1.83. The van der Waals surface area contributed by atoms with Gasteiger partial charge < -0.3 is 10.5 Å². The molecule has 1 rings (SSSR count). The summed E-state index contributed by atoms with van der Waals surface area (Å²) in [4.78, 5) is 10.7. The molecule has 60 valence electrons. The summed E-state index contributed by atoms with van der Waals surface area (Å²) in [5.41, 5.74) is 5.50. The minimum absolute atomic E-state index is 0. The van der Waals surface area contributed by atoms with Crippen molar-refractivity contribution in [1.29, 1.82) is 0 Å². The first-order chi connectivity index (χ1) is 4.25. The van der Waals surface area contributed by atoms with E-state index in [9.17, 15) is 4.79 Å². The van der Waals surface area contributed by atoms with Crippen LogP contribution in [0.1, 0.15) is 12.8 Å². The lowest BCUT2D eigenvalue weighted by molar-refractivity contribution is -0.149. The molecule has 1 saturated carbocycles. The average Bonchev–Trinajstić information content (AvgIpc) is 1.84. The third kappa shape index (κ3) is 1.64. The molecule has 3 nitrogen and oxygen atoms in total. The second-order valence-corrected chi connectivity index (χ2v) is 2.37. The number of carbonyl (C=O) groups is 1. The lowest BCUT2D eigenvalue weighted by Crippen LogP contribution is -2.44. The van der Waals surface area contributed by atoms with E-state index in [1.807, 2.05) is 0 Å². The van der Waals surface area contributed by atoms with Crippen LogP contribution in [0.5, 0.6) is 0 Å². The van der Waals surface area contributed by atoms with Gasteiger partial charge in [-0.2, -0.15) is 13.5 Å². The molecule has 4 heteroatoms. The van der Waals surface area contributed by atoms with Crippen LogP contribution in [0, 0.1) is 5.92 Å². The van der Waals surface area contributed by atoms with E-state index in [-0.39, 0.29) is 31.4 Å². The van der Waals surface area contributed by atoms with E-state index in [0.29, 0.717) is 0 Å². The molecule has 0 heterocycles. The first kappa shape index (κ1) is 9.78. The van der Waals surface area contributed by atoms with Gasteiger partial charge in [-0.05, 0) is 12.8 Å². The van der Waals surface area contributed by atoms with Crippen LogP contribution in [0.4, 0.5) is 0 Å². The highest BCUT2D eigenvalue weighted by Crippen LogP contribution is 2.25. The fraction of sp³-hybridized carbons (Fsp3) is 0.833. The highest BCUT2D eigenvalue weighted by atomic mass is 32.1. The second-order valence-electron chi connectivity index (χ2n) is 2.37. The average molecular weight is 163 g/mol. The van der Waals surface area contributed by atoms with Gasteiger partial charge in [-0.15, -0.1) is 0 Å². The van der Waals surface area contributed by atoms with E-state index in [1.165, 1.54) is 7.11 Å². The summed E-state index contributed by atoms with van der Waals surface area (Å²) < 4.78 is 4.51. The van der Waals surface area contributed by atoms with Crippen LogP contribution in [0.15, 0.2) is 0 Å². The van der Waals surface area contributed by atoms with Crippen molar-refractivity contribution in [3.05, 3.63) is 0 Å². The van der Waals surface area contributed by atoms with Crippen molar-refractivity contribution < 1.29 is 9.53 Å². The second kappa shape index (κ2) is 3.83. The molecule has 0 spiro atoms.